The van der Waals surface area contributed by atoms with E-state index in [4.69, 9.17) is 4.74 Å². The van der Waals surface area contributed by atoms with Crippen molar-refractivity contribution in [3.8, 4) is 0 Å². The van der Waals surface area contributed by atoms with Gasteiger partial charge < -0.3 is 9.64 Å². The van der Waals surface area contributed by atoms with Crippen molar-refractivity contribution >= 4 is 5.91 Å². The maximum Gasteiger partial charge on any atom is 0.257 e. The second-order valence-corrected chi connectivity index (χ2v) is 6.22. The third kappa shape index (κ3) is 3.84. The maximum absolute atomic E-state index is 12.9. The van der Waals surface area contributed by atoms with E-state index in [0.717, 1.165) is 25.1 Å². The molecule has 3 heterocycles. The van der Waals surface area contributed by atoms with E-state index in [0.29, 0.717) is 31.8 Å². The molecule has 0 spiro atoms. The highest BCUT2D eigenvalue weighted by Crippen LogP contribution is 2.15. The summed E-state index contributed by atoms with van der Waals surface area (Å²) in [5.41, 5.74) is 1.49. The van der Waals surface area contributed by atoms with Crippen LogP contribution in [0.25, 0.3) is 0 Å². The molecule has 1 aliphatic rings. The van der Waals surface area contributed by atoms with E-state index in [1.165, 1.54) is 0 Å². The van der Waals surface area contributed by atoms with E-state index < -0.39 is 0 Å². The first-order valence-electron chi connectivity index (χ1n) is 8.59. The van der Waals surface area contributed by atoms with Gasteiger partial charge in [-0.25, -0.2) is 0 Å². The second-order valence-electron chi connectivity index (χ2n) is 6.22. The summed E-state index contributed by atoms with van der Waals surface area (Å²) >= 11 is 0. The molecule has 0 saturated carbocycles. The summed E-state index contributed by atoms with van der Waals surface area (Å²) in [4.78, 5) is 14.8. The minimum atomic E-state index is -0.0395. The molecule has 0 radical (unpaired) electrons. The fourth-order valence-corrected chi connectivity index (χ4v) is 3.05. The predicted molar refractivity (Wildman–Crippen MR) is 89.7 cm³/mol. The van der Waals surface area contributed by atoms with Crippen LogP contribution in [0.3, 0.4) is 0 Å². The van der Waals surface area contributed by atoms with E-state index in [-0.39, 0.29) is 12.0 Å². The van der Waals surface area contributed by atoms with Crippen LogP contribution >= 0.6 is 0 Å². The van der Waals surface area contributed by atoms with Crippen LogP contribution < -0.4 is 0 Å². The standard InChI is InChI=1S/C17H25N5O2/c1-3-7-22-13-16(14(2)19-22)17(23)20-8-5-10-24-15(11-20)12-21-9-4-6-18-21/h4,6,9,13,15H,3,5,7-8,10-12H2,1-2H3. The van der Waals surface area contributed by atoms with E-state index in [9.17, 15) is 4.79 Å². The number of carbonyl (C=O) groups is 1. The third-order valence-electron chi connectivity index (χ3n) is 4.22. The predicted octanol–water partition coefficient (Wildman–Crippen LogP) is 1.73. The highest BCUT2D eigenvalue weighted by Gasteiger charge is 2.26. The summed E-state index contributed by atoms with van der Waals surface area (Å²) in [6, 6.07) is 1.89. The Balaban J connectivity index is 1.70. The molecule has 130 valence electrons. The molecular weight excluding hydrogens is 306 g/mol. The molecule has 1 amide bonds. The molecule has 7 nitrogen and oxygen atoms in total. The number of ether oxygens (including phenoxy) is 1. The van der Waals surface area contributed by atoms with Crippen LogP contribution in [0.5, 0.6) is 0 Å². The smallest absolute Gasteiger partial charge is 0.257 e. The van der Waals surface area contributed by atoms with Crippen molar-refractivity contribution in [1.29, 1.82) is 0 Å². The van der Waals surface area contributed by atoms with Crippen molar-refractivity contribution in [3.63, 3.8) is 0 Å². The molecule has 1 aliphatic heterocycles. The maximum atomic E-state index is 12.9. The van der Waals surface area contributed by atoms with Gasteiger partial charge in [-0.1, -0.05) is 6.92 Å². The number of hydrogen-bond acceptors (Lipinski definition) is 4. The first-order chi connectivity index (χ1) is 11.7. The zero-order valence-corrected chi connectivity index (χ0v) is 14.4. The van der Waals surface area contributed by atoms with Gasteiger partial charge in [0.1, 0.15) is 0 Å². The zero-order valence-electron chi connectivity index (χ0n) is 14.4. The number of aryl methyl sites for hydroxylation is 2. The van der Waals surface area contributed by atoms with Crippen LogP contribution in [0.4, 0.5) is 0 Å². The van der Waals surface area contributed by atoms with E-state index in [1.54, 1.807) is 6.20 Å². The Kier molecular flexibility index (Phi) is 5.30. The van der Waals surface area contributed by atoms with Gasteiger partial charge in [0, 0.05) is 44.8 Å². The van der Waals surface area contributed by atoms with Gasteiger partial charge in [-0.3, -0.25) is 14.2 Å². The summed E-state index contributed by atoms with van der Waals surface area (Å²) in [5.74, 6) is 0.0471. The summed E-state index contributed by atoms with van der Waals surface area (Å²) < 4.78 is 9.60. The number of nitrogens with zero attached hydrogens (tertiary/aromatic N) is 5. The molecule has 1 saturated heterocycles. The van der Waals surface area contributed by atoms with Gasteiger partial charge in [0.15, 0.2) is 0 Å². The number of amides is 1. The van der Waals surface area contributed by atoms with E-state index in [1.807, 2.05) is 39.6 Å². The number of rotatable bonds is 5. The number of carbonyl (C=O) groups excluding carboxylic acids is 1. The van der Waals surface area contributed by atoms with Crippen LogP contribution in [0.15, 0.2) is 24.7 Å². The van der Waals surface area contributed by atoms with Crippen LogP contribution in [-0.4, -0.2) is 56.2 Å². The van der Waals surface area contributed by atoms with Gasteiger partial charge in [-0.2, -0.15) is 10.2 Å². The molecule has 2 aromatic heterocycles. The molecule has 0 bridgehead atoms. The van der Waals surface area contributed by atoms with Crippen molar-refractivity contribution < 1.29 is 9.53 Å². The molecule has 1 fully saturated rings. The molecule has 0 aliphatic carbocycles. The Labute approximate surface area is 142 Å². The van der Waals surface area contributed by atoms with Crippen molar-refractivity contribution in [2.75, 3.05) is 19.7 Å². The van der Waals surface area contributed by atoms with Crippen molar-refractivity contribution in [2.45, 2.75) is 45.9 Å². The Hall–Kier alpha value is -2.15. The first-order valence-corrected chi connectivity index (χ1v) is 8.59. The monoisotopic (exact) mass is 331 g/mol. The van der Waals surface area contributed by atoms with Gasteiger partial charge in [0.2, 0.25) is 0 Å². The lowest BCUT2D eigenvalue weighted by atomic mass is 10.2. The van der Waals surface area contributed by atoms with E-state index in [2.05, 4.69) is 17.1 Å². The topological polar surface area (TPSA) is 65.2 Å². The Morgan fingerprint density at radius 3 is 3.04 bits per heavy atom. The third-order valence-corrected chi connectivity index (χ3v) is 4.22. The van der Waals surface area contributed by atoms with Crippen LogP contribution in [0.2, 0.25) is 0 Å². The first kappa shape index (κ1) is 16.7. The van der Waals surface area contributed by atoms with Gasteiger partial charge >= 0.3 is 0 Å². The second kappa shape index (κ2) is 7.61. The quantitative estimate of drug-likeness (QED) is 0.837. The van der Waals surface area contributed by atoms with Gasteiger partial charge in [-0.05, 0) is 25.8 Å². The molecule has 0 aromatic carbocycles. The van der Waals surface area contributed by atoms with Gasteiger partial charge in [-0.15, -0.1) is 0 Å². The van der Waals surface area contributed by atoms with Crippen LogP contribution in [-0.2, 0) is 17.8 Å². The normalized spacial score (nSPS) is 18.6. The molecule has 24 heavy (non-hydrogen) atoms. The molecule has 1 atom stereocenters. The average molecular weight is 331 g/mol. The lowest BCUT2D eigenvalue weighted by molar-refractivity contribution is 0.0367. The Morgan fingerprint density at radius 1 is 1.42 bits per heavy atom. The minimum absolute atomic E-state index is 0.0395. The van der Waals surface area contributed by atoms with Crippen molar-refractivity contribution in [2.24, 2.45) is 0 Å². The summed E-state index contributed by atoms with van der Waals surface area (Å²) in [6.45, 7) is 7.46. The molecule has 0 N–H and O–H groups in total. The van der Waals surface area contributed by atoms with Crippen molar-refractivity contribution in [1.82, 2.24) is 24.5 Å². The lowest BCUT2D eigenvalue weighted by Crippen LogP contribution is -2.38. The Morgan fingerprint density at radius 2 is 2.29 bits per heavy atom. The Bertz CT molecular complexity index is 665. The highest BCUT2D eigenvalue weighted by atomic mass is 16.5. The highest BCUT2D eigenvalue weighted by molar-refractivity contribution is 5.95. The van der Waals surface area contributed by atoms with Gasteiger partial charge in [0.05, 0.1) is 23.9 Å². The molecule has 7 heteroatoms. The molecule has 2 aromatic rings. The molecular formula is C17H25N5O2. The SMILES string of the molecule is CCCn1cc(C(=O)N2CCCOC(Cn3cccn3)C2)c(C)n1. The zero-order chi connectivity index (χ0) is 16.9. The van der Waals surface area contributed by atoms with Gasteiger partial charge in [0.25, 0.3) is 5.91 Å². The van der Waals surface area contributed by atoms with Crippen LogP contribution in [0.1, 0.15) is 35.8 Å². The number of hydrogen-bond donors (Lipinski definition) is 0. The molecule has 1 unspecified atom stereocenters. The summed E-state index contributed by atoms with van der Waals surface area (Å²) in [7, 11) is 0. The fraction of sp³-hybridized carbons (Fsp3) is 0.588. The van der Waals surface area contributed by atoms with Crippen molar-refractivity contribution in [3.05, 3.63) is 35.9 Å². The lowest BCUT2D eigenvalue weighted by Gasteiger charge is -2.23. The van der Waals surface area contributed by atoms with E-state index >= 15 is 0 Å². The summed E-state index contributed by atoms with van der Waals surface area (Å²) in [5, 5.41) is 8.67. The fourth-order valence-electron chi connectivity index (χ4n) is 3.05. The summed E-state index contributed by atoms with van der Waals surface area (Å²) in [6.07, 6.45) is 7.35. The largest absolute Gasteiger partial charge is 0.374 e. The average Bonchev–Trinajstić information content (AvgIpc) is 3.12. The minimum Gasteiger partial charge on any atom is -0.374 e. The number of aromatic nitrogens is 4. The molecule has 3 rings (SSSR count). The van der Waals surface area contributed by atoms with Crippen LogP contribution in [0, 0.1) is 6.92 Å².